The van der Waals surface area contributed by atoms with Crippen molar-refractivity contribution in [2.75, 3.05) is 37.6 Å². The van der Waals surface area contributed by atoms with Gasteiger partial charge in [0.25, 0.3) is 5.91 Å². The third kappa shape index (κ3) is 6.03. The van der Waals surface area contributed by atoms with E-state index in [0.29, 0.717) is 22.7 Å². The normalized spacial score (nSPS) is 20.1. The lowest BCUT2D eigenvalue weighted by Crippen LogP contribution is -2.43. The average Bonchev–Trinajstić information content (AvgIpc) is 2.81. The molecule has 2 aromatic rings. The monoisotopic (exact) mass is 467 g/mol. The molecule has 4 rings (SSSR count). The molecular weight excluding hydrogens is 437 g/mol. The number of piperidine rings is 1. The number of fused-ring (bicyclic) bond motifs is 1. The van der Waals surface area contributed by atoms with Gasteiger partial charge < -0.3 is 10.2 Å². The molecule has 0 spiro atoms. The zero-order valence-electron chi connectivity index (χ0n) is 18.9. The van der Waals surface area contributed by atoms with Gasteiger partial charge in [0.1, 0.15) is 12.4 Å². The van der Waals surface area contributed by atoms with Crippen LogP contribution in [0, 0.1) is 11.7 Å². The molecule has 1 N–H and O–H groups in total. The highest BCUT2D eigenvalue weighted by Gasteiger charge is 2.30. The Balaban J connectivity index is 1.39. The van der Waals surface area contributed by atoms with Gasteiger partial charge in [0.15, 0.2) is 0 Å². The molecule has 1 unspecified atom stereocenters. The molecule has 1 fully saturated rings. The first-order valence-corrected chi connectivity index (χ1v) is 12.4. The van der Waals surface area contributed by atoms with Gasteiger partial charge >= 0.3 is 0 Å². The van der Waals surface area contributed by atoms with Crippen molar-refractivity contribution in [2.45, 2.75) is 31.1 Å². The van der Waals surface area contributed by atoms with Gasteiger partial charge in [-0.1, -0.05) is 49.0 Å². The summed E-state index contributed by atoms with van der Waals surface area (Å²) in [5.74, 6) is -0.130. The van der Waals surface area contributed by atoms with E-state index < -0.39 is 0 Å². The Morgan fingerprint density at radius 3 is 2.82 bits per heavy atom. The quantitative estimate of drug-likeness (QED) is 0.480. The summed E-state index contributed by atoms with van der Waals surface area (Å²) in [6, 6.07) is 13.8. The second-order valence-corrected chi connectivity index (χ2v) is 9.83. The third-order valence-electron chi connectivity index (χ3n) is 6.04. The number of rotatable bonds is 7. The van der Waals surface area contributed by atoms with Gasteiger partial charge in [0, 0.05) is 23.5 Å². The minimum absolute atomic E-state index is 0.0637. The minimum Gasteiger partial charge on any atom is -0.355 e. The molecule has 0 bridgehead atoms. The molecule has 1 atom stereocenters. The molecule has 174 valence electrons. The lowest BCUT2D eigenvalue weighted by molar-refractivity contribution is -0.122. The van der Waals surface area contributed by atoms with Crippen LogP contribution in [0.25, 0.3) is 6.08 Å². The van der Waals surface area contributed by atoms with Crippen LogP contribution in [0.2, 0.25) is 0 Å². The fourth-order valence-electron chi connectivity index (χ4n) is 4.37. The average molecular weight is 468 g/mol. The van der Waals surface area contributed by atoms with Gasteiger partial charge in [-0.2, -0.15) is 0 Å². The largest absolute Gasteiger partial charge is 0.355 e. The Hall–Kier alpha value is -2.64. The van der Waals surface area contributed by atoms with E-state index in [0.717, 1.165) is 36.9 Å². The van der Waals surface area contributed by atoms with Crippen LogP contribution >= 0.6 is 11.8 Å². The number of benzene rings is 2. The van der Waals surface area contributed by atoms with Gasteiger partial charge in [-0.3, -0.25) is 14.5 Å². The summed E-state index contributed by atoms with van der Waals surface area (Å²) in [6.45, 7) is 6.04. The Morgan fingerprint density at radius 1 is 1.21 bits per heavy atom. The number of nitrogens with zero attached hydrogens (tertiary/aromatic N) is 2. The molecule has 0 aliphatic carbocycles. The number of hydrogen-bond acceptors (Lipinski definition) is 4. The standard InChI is InChI=1S/C26H30FN3O2S/c1-19-8-6-14-29(17-19)15-7-13-28-25(31)18-30-22-11-4-5-12-23(22)33-24(26(30)32)16-20-9-2-3-10-21(20)27/h2-5,9-12,16,19H,6-8,13-15,17-18H2,1H3,(H,28,31). The first-order valence-electron chi connectivity index (χ1n) is 11.6. The van der Waals surface area contributed by atoms with E-state index in [2.05, 4.69) is 17.1 Å². The van der Waals surface area contributed by atoms with Crippen LogP contribution in [0.3, 0.4) is 0 Å². The maximum atomic E-state index is 14.2. The Labute approximate surface area is 199 Å². The third-order valence-corrected chi connectivity index (χ3v) is 7.12. The lowest BCUT2D eigenvalue weighted by Gasteiger charge is -2.31. The molecule has 2 aliphatic heterocycles. The van der Waals surface area contributed by atoms with E-state index in [-0.39, 0.29) is 24.2 Å². The zero-order valence-corrected chi connectivity index (χ0v) is 19.7. The maximum absolute atomic E-state index is 14.2. The summed E-state index contributed by atoms with van der Waals surface area (Å²) >= 11 is 1.30. The highest BCUT2D eigenvalue weighted by molar-refractivity contribution is 8.04. The number of anilines is 1. The molecule has 0 saturated carbocycles. The van der Waals surface area contributed by atoms with E-state index in [4.69, 9.17) is 0 Å². The fraction of sp³-hybridized carbons (Fsp3) is 0.385. The van der Waals surface area contributed by atoms with E-state index in [9.17, 15) is 14.0 Å². The van der Waals surface area contributed by atoms with Crippen LogP contribution < -0.4 is 10.2 Å². The molecule has 5 nitrogen and oxygen atoms in total. The maximum Gasteiger partial charge on any atom is 0.265 e. The summed E-state index contributed by atoms with van der Waals surface area (Å²) in [5, 5.41) is 2.96. The minimum atomic E-state index is -0.385. The topological polar surface area (TPSA) is 52.7 Å². The predicted molar refractivity (Wildman–Crippen MR) is 131 cm³/mol. The van der Waals surface area contributed by atoms with Crippen molar-refractivity contribution < 1.29 is 14.0 Å². The Morgan fingerprint density at radius 2 is 2.00 bits per heavy atom. The number of halogens is 1. The van der Waals surface area contributed by atoms with Crippen molar-refractivity contribution in [3.8, 4) is 0 Å². The van der Waals surface area contributed by atoms with Crippen LogP contribution in [0.4, 0.5) is 10.1 Å². The van der Waals surface area contributed by atoms with Crippen molar-refractivity contribution in [1.82, 2.24) is 10.2 Å². The Bertz CT molecular complexity index is 1040. The number of carbonyl (C=O) groups excluding carboxylic acids is 2. The molecule has 7 heteroatoms. The number of carbonyl (C=O) groups is 2. The predicted octanol–water partition coefficient (Wildman–Crippen LogP) is 4.54. The second kappa shape index (κ2) is 11.0. The summed E-state index contributed by atoms with van der Waals surface area (Å²) in [7, 11) is 0. The smallest absolute Gasteiger partial charge is 0.265 e. The van der Waals surface area contributed by atoms with Crippen LogP contribution in [-0.2, 0) is 9.59 Å². The molecule has 2 aliphatic rings. The van der Waals surface area contributed by atoms with Crippen LogP contribution in [0.1, 0.15) is 31.7 Å². The summed E-state index contributed by atoms with van der Waals surface area (Å²) < 4.78 is 14.2. The lowest BCUT2D eigenvalue weighted by atomic mass is 10.0. The summed E-state index contributed by atoms with van der Waals surface area (Å²) in [6.07, 6.45) is 4.98. The molecule has 0 radical (unpaired) electrons. The van der Waals surface area contributed by atoms with Gasteiger partial charge in [-0.05, 0) is 62.5 Å². The van der Waals surface area contributed by atoms with Crippen LogP contribution in [-0.4, -0.2) is 49.4 Å². The SMILES string of the molecule is CC1CCCN(CCCNC(=O)CN2C(=O)C(=Cc3ccccc3F)Sc3ccccc32)C1. The van der Waals surface area contributed by atoms with Crippen molar-refractivity contribution >= 4 is 35.3 Å². The molecule has 1 saturated heterocycles. The van der Waals surface area contributed by atoms with Gasteiger partial charge in [0.05, 0.1) is 10.6 Å². The highest BCUT2D eigenvalue weighted by atomic mass is 32.2. The van der Waals surface area contributed by atoms with Crippen molar-refractivity contribution in [3.05, 3.63) is 64.8 Å². The molecular formula is C26H30FN3O2S. The summed E-state index contributed by atoms with van der Waals surface area (Å²) in [4.78, 5) is 31.1. The van der Waals surface area contributed by atoms with Gasteiger partial charge in [-0.15, -0.1) is 0 Å². The first kappa shape index (κ1) is 23.5. The highest BCUT2D eigenvalue weighted by Crippen LogP contribution is 2.42. The number of thioether (sulfide) groups is 1. The molecule has 2 heterocycles. The van der Waals surface area contributed by atoms with E-state index in [1.807, 2.05) is 24.3 Å². The van der Waals surface area contributed by atoms with Crippen molar-refractivity contribution in [3.63, 3.8) is 0 Å². The van der Waals surface area contributed by atoms with Gasteiger partial charge in [-0.25, -0.2) is 4.39 Å². The molecule has 33 heavy (non-hydrogen) atoms. The Kier molecular flexibility index (Phi) is 7.83. The van der Waals surface area contributed by atoms with E-state index in [1.54, 1.807) is 24.3 Å². The number of nitrogens with one attached hydrogen (secondary N) is 1. The van der Waals surface area contributed by atoms with Gasteiger partial charge in [0.2, 0.25) is 5.91 Å². The second-order valence-electron chi connectivity index (χ2n) is 8.74. The summed E-state index contributed by atoms with van der Waals surface area (Å²) in [5.41, 5.74) is 1.06. The number of para-hydroxylation sites is 1. The van der Waals surface area contributed by atoms with E-state index in [1.165, 1.54) is 35.6 Å². The number of likely N-dealkylation sites (tertiary alicyclic amines) is 1. The zero-order chi connectivity index (χ0) is 23.2. The van der Waals surface area contributed by atoms with Crippen molar-refractivity contribution in [1.29, 1.82) is 0 Å². The van der Waals surface area contributed by atoms with Crippen LogP contribution in [0.15, 0.2) is 58.3 Å². The molecule has 2 amide bonds. The molecule has 0 aromatic heterocycles. The molecule has 2 aromatic carbocycles. The fourth-order valence-corrected chi connectivity index (χ4v) is 5.42. The number of amides is 2. The first-order chi connectivity index (χ1) is 16.0. The van der Waals surface area contributed by atoms with E-state index >= 15 is 0 Å². The number of hydrogen-bond donors (Lipinski definition) is 1. The van der Waals surface area contributed by atoms with Crippen LogP contribution in [0.5, 0.6) is 0 Å². The van der Waals surface area contributed by atoms with Crippen molar-refractivity contribution in [2.24, 2.45) is 5.92 Å².